The van der Waals surface area contributed by atoms with Crippen molar-refractivity contribution in [2.75, 3.05) is 12.8 Å². The summed E-state index contributed by atoms with van der Waals surface area (Å²) in [6, 6.07) is 27.3. The number of rotatable bonds is 7. The van der Waals surface area contributed by atoms with E-state index in [-0.39, 0.29) is 12.1 Å². The van der Waals surface area contributed by atoms with Gasteiger partial charge in [0.2, 0.25) is 10.0 Å². The number of pyridine rings is 1. The molecule has 0 N–H and O–H groups in total. The molecule has 0 amide bonds. The van der Waals surface area contributed by atoms with Crippen LogP contribution in [0.5, 0.6) is 5.75 Å². The lowest BCUT2D eigenvalue weighted by atomic mass is 9.91. The Hall–Kier alpha value is -4.21. The topological polar surface area (TPSA) is 59.5 Å². The predicted molar refractivity (Wildman–Crippen MR) is 161 cm³/mol. The number of hydrogen-bond donors (Lipinski definition) is 0. The first-order valence-electron chi connectivity index (χ1n) is 13.9. The first-order valence-corrected chi connectivity index (χ1v) is 15.7. The zero-order valence-electron chi connectivity index (χ0n) is 23.4. The Morgan fingerprint density at radius 3 is 2.42 bits per heavy atom. The summed E-state index contributed by atoms with van der Waals surface area (Å²) in [5.41, 5.74) is 5.25. The van der Waals surface area contributed by atoms with Crippen molar-refractivity contribution in [1.29, 1.82) is 0 Å². The van der Waals surface area contributed by atoms with E-state index < -0.39 is 21.8 Å². The standard InChI is InChI=1S/C34H29F3N2O3S/c1-43(40,41)39-17-16-28-26(21-39)12-6-15-31(28)42-22-24-10-5-11-25(19-24)32-27(18-23-8-3-2-4-9-23)20-38-33-29(32)13-7-14-30(33)34(35,36)37/h2-15,19-20H,16-18,21-22H2,1H3. The van der Waals surface area contributed by atoms with Crippen LogP contribution in [-0.4, -0.2) is 30.5 Å². The average molecular weight is 603 g/mol. The molecule has 0 spiro atoms. The molecule has 43 heavy (non-hydrogen) atoms. The molecule has 2 heterocycles. The highest BCUT2D eigenvalue weighted by atomic mass is 32.2. The van der Waals surface area contributed by atoms with Gasteiger partial charge in [-0.25, -0.2) is 8.42 Å². The minimum absolute atomic E-state index is 0.0810. The summed E-state index contributed by atoms with van der Waals surface area (Å²) in [6.07, 6.45) is -0.706. The van der Waals surface area contributed by atoms with Gasteiger partial charge in [0.05, 0.1) is 17.3 Å². The monoisotopic (exact) mass is 602 g/mol. The van der Waals surface area contributed by atoms with Crippen LogP contribution in [-0.2, 0) is 42.2 Å². The van der Waals surface area contributed by atoms with Crippen molar-refractivity contribution in [2.45, 2.75) is 32.2 Å². The Morgan fingerprint density at radius 2 is 1.65 bits per heavy atom. The van der Waals surface area contributed by atoms with Crippen molar-refractivity contribution in [3.05, 3.63) is 131 Å². The van der Waals surface area contributed by atoms with Crippen molar-refractivity contribution in [3.8, 4) is 16.9 Å². The van der Waals surface area contributed by atoms with Crippen LogP contribution in [0.25, 0.3) is 22.0 Å². The normalized spacial score (nSPS) is 14.0. The van der Waals surface area contributed by atoms with Gasteiger partial charge in [-0.2, -0.15) is 17.5 Å². The maximum absolute atomic E-state index is 13.9. The fourth-order valence-corrected chi connectivity index (χ4v) is 6.52. The highest BCUT2D eigenvalue weighted by Crippen LogP contribution is 2.39. The molecule has 4 aromatic carbocycles. The minimum atomic E-state index is -4.53. The Balaban J connectivity index is 1.36. The number of sulfonamides is 1. The Kier molecular flexibility index (Phi) is 7.70. The molecule has 1 aliphatic heterocycles. The first kappa shape index (κ1) is 28.9. The number of benzene rings is 4. The predicted octanol–water partition coefficient (Wildman–Crippen LogP) is 7.41. The Bertz CT molecular complexity index is 1910. The molecule has 0 saturated heterocycles. The van der Waals surface area contributed by atoms with Gasteiger partial charge in [0.1, 0.15) is 12.4 Å². The van der Waals surface area contributed by atoms with Crippen molar-refractivity contribution in [2.24, 2.45) is 0 Å². The molecule has 9 heteroatoms. The van der Waals surface area contributed by atoms with Crippen molar-refractivity contribution in [1.82, 2.24) is 9.29 Å². The lowest BCUT2D eigenvalue weighted by Gasteiger charge is -2.28. The molecule has 0 radical (unpaired) electrons. The second kappa shape index (κ2) is 11.5. The number of nitrogens with zero attached hydrogens (tertiary/aromatic N) is 2. The Morgan fingerprint density at radius 1 is 0.907 bits per heavy atom. The van der Waals surface area contributed by atoms with Gasteiger partial charge < -0.3 is 4.74 Å². The third kappa shape index (κ3) is 6.14. The molecule has 1 aliphatic rings. The summed E-state index contributed by atoms with van der Waals surface area (Å²) < 4.78 is 73.6. The van der Waals surface area contributed by atoms with Gasteiger partial charge in [-0.1, -0.05) is 72.8 Å². The number of alkyl halides is 3. The summed E-state index contributed by atoms with van der Waals surface area (Å²) in [4.78, 5) is 4.30. The molecular weight excluding hydrogens is 573 g/mol. The molecule has 220 valence electrons. The largest absolute Gasteiger partial charge is 0.489 e. The van der Waals surface area contributed by atoms with E-state index in [1.165, 1.54) is 16.6 Å². The molecule has 5 aromatic rings. The third-order valence-corrected chi connectivity index (χ3v) is 9.04. The zero-order valence-corrected chi connectivity index (χ0v) is 24.3. The van der Waals surface area contributed by atoms with Crippen LogP contribution < -0.4 is 4.74 Å². The highest BCUT2D eigenvalue weighted by Gasteiger charge is 2.33. The summed E-state index contributed by atoms with van der Waals surface area (Å²) in [5.74, 6) is 0.699. The second-order valence-electron chi connectivity index (χ2n) is 10.7. The van der Waals surface area contributed by atoms with Crippen LogP contribution in [0, 0.1) is 0 Å². The van der Waals surface area contributed by atoms with Crippen molar-refractivity contribution in [3.63, 3.8) is 0 Å². The van der Waals surface area contributed by atoms with Crippen LogP contribution in [0.1, 0.15) is 33.4 Å². The summed E-state index contributed by atoms with van der Waals surface area (Å²) in [6.45, 7) is 0.936. The van der Waals surface area contributed by atoms with E-state index in [4.69, 9.17) is 4.74 Å². The van der Waals surface area contributed by atoms with E-state index in [0.29, 0.717) is 42.6 Å². The second-order valence-corrected chi connectivity index (χ2v) is 12.7. The number of ether oxygens (including phenoxy) is 1. The fourth-order valence-electron chi connectivity index (χ4n) is 5.73. The molecule has 0 aliphatic carbocycles. The van der Waals surface area contributed by atoms with E-state index in [2.05, 4.69) is 4.98 Å². The molecule has 0 unspecified atom stereocenters. The highest BCUT2D eigenvalue weighted by molar-refractivity contribution is 7.88. The van der Waals surface area contributed by atoms with Crippen LogP contribution >= 0.6 is 0 Å². The van der Waals surface area contributed by atoms with Crippen LogP contribution in [0.4, 0.5) is 13.2 Å². The zero-order chi connectivity index (χ0) is 30.2. The summed E-state index contributed by atoms with van der Waals surface area (Å²) in [7, 11) is -3.29. The van der Waals surface area contributed by atoms with E-state index in [9.17, 15) is 21.6 Å². The van der Waals surface area contributed by atoms with Gasteiger partial charge in [0.15, 0.2) is 0 Å². The molecular formula is C34H29F3N2O3S. The van der Waals surface area contributed by atoms with Crippen molar-refractivity contribution < 1.29 is 26.3 Å². The van der Waals surface area contributed by atoms with E-state index in [0.717, 1.165) is 39.4 Å². The van der Waals surface area contributed by atoms with E-state index in [1.807, 2.05) is 72.8 Å². The maximum Gasteiger partial charge on any atom is 0.418 e. The molecule has 5 nitrogen and oxygen atoms in total. The van der Waals surface area contributed by atoms with Gasteiger partial charge in [-0.15, -0.1) is 0 Å². The molecule has 1 aromatic heterocycles. The molecule has 0 atom stereocenters. The number of para-hydroxylation sites is 1. The van der Waals surface area contributed by atoms with E-state index >= 15 is 0 Å². The van der Waals surface area contributed by atoms with Crippen LogP contribution in [0.15, 0.2) is 97.2 Å². The smallest absolute Gasteiger partial charge is 0.418 e. The quantitative estimate of drug-likeness (QED) is 0.195. The maximum atomic E-state index is 13.9. The van der Waals surface area contributed by atoms with Gasteiger partial charge in [0.25, 0.3) is 0 Å². The third-order valence-electron chi connectivity index (χ3n) is 7.79. The molecule has 0 fully saturated rings. The SMILES string of the molecule is CS(=O)(=O)N1CCc2c(cccc2OCc2cccc(-c3c(Cc4ccccc4)cnc4c(C(F)(F)F)cccc34)c2)C1. The van der Waals surface area contributed by atoms with Gasteiger partial charge in [0, 0.05) is 24.7 Å². The summed E-state index contributed by atoms with van der Waals surface area (Å²) >= 11 is 0. The number of aromatic nitrogens is 1. The summed E-state index contributed by atoms with van der Waals surface area (Å²) in [5, 5.41) is 0.439. The fraction of sp³-hybridized carbons (Fsp3) is 0.206. The number of fused-ring (bicyclic) bond motifs is 2. The first-order chi connectivity index (χ1) is 20.6. The van der Waals surface area contributed by atoms with Gasteiger partial charge >= 0.3 is 6.18 Å². The number of hydrogen-bond acceptors (Lipinski definition) is 4. The molecule has 6 rings (SSSR count). The van der Waals surface area contributed by atoms with Crippen LogP contribution in [0.3, 0.4) is 0 Å². The number of halogens is 3. The lowest BCUT2D eigenvalue weighted by Crippen LogP contribution is -2.35. The minimum Gasteiger partial charge on any atom is -0.489 e. The lowest BCUT2D eigenvalue weighted by molar-refractivity contribution is -0.136. The van der Waals surface area contributed by atoms with Gasteiger partial charge in [-0.3, -0.25) is 4.98 Å². The molecule has 0 saturated carbocycles. The Labute approximate surface area is 248 Å². The van der Waals surface area contributed by atoms with Crippen LogP contribution in [0.2, 0.25) is 0 Å². The van der Waals surface area contributed by atoms with Crippen molar-refractivity contribution >= 4 is 20.9 Å². The van der Waals surface area contributed by atoms with Gasteiger partial charge in [-0.05, 0) is 70.0 Å². The average Bonchev–Trinajstić information content (AvgIpc) is 2.99. The molecule has 0 bridgehead atoms. The van der Waals surface area contributed by atoms with E-state index in [1.54, 1.807) is 12.3 Å².